The molecule has 0 aromatic carbocycles. The summed E-state index contributed by atoms with van der Waals surface area (Å²) in [4.78, 5) is 23.0. The number of ether oxygens (including phenoxy) is 2. The van der Waals surface area contributed by atoms with Crippen molar-refractivity contribution in [2.75, 3.05) is 13.2 Å². The minimum Gasteiger partial charge on any atom is -0.463 e. The van der Waals surface area contributed by atoms with Crippen LogP contribution in [0.25, 0.3) is 0 Å². The van der Waals surface area contributed by atoms with Gasteiger partial charge in [0.1, 0.15) is 6.10 Å². The molecule has 0 unspecified atom stereocenters. The van der Waals surface area contributed by atoms with Crippen LogP contribution in [0.2, 0.25) is 18.1 Å². The van der Waals surface area contributed by atoms with Crippen LogP contribution in [0.1, 0.15) is 48.0 Å². The van der Waals surface area contributed by atoms with Crippen LogP contribution in [-0.4, -0.2) is 39.6 Å². The van der Waals surface area contributed by atoms with E-state index in [1.165, 1.54) is 0 Å². The molecule has 0 aromatic heterocycles. The Bertz CT molecular complexity index is 568. The van der Waals surface area contributed by atoms with Crippen molar-refractivity contribution >= 4 is 20.3 Å². The highest BCUT2D eigenvalue weighted by atomic mass is 28.4. The molecule has 0 bridgehead atoms. The van der Waals surface area contributed by atoms with E-state index in [1.807, 2.05) is 32.1 Å². The van der Waals surface area contributed by atoms with Crippen molar-refractivity contribution in [1.29, 1.82) is 0 Å². The summed E-state index contributed by atoms with van der Waals surface area (Å²) < 4.78 is 16.2. The van der Waals surface area contributed by atoms with E-state index in [0.717, 1.165) is 17.7 Å². The van der Waals surface area contributed by atoms with Crippen molar-refractivity contribution in [3.05, 3.63) is 36.0 Å². The Morgan fingerprint density at radius 1 is 1.04 bits per heavy atom. The average molecular weight is 397 g/mol. The van der Waals surface area contributed by atoms with Crippen molar-refractivity contribution in [3.8, 4) is 0 Å². The van der Waals surface area contributed by atoms with Crippen molar-refractivity contribution in [2.45, 2.75) is 72.2 Å². The van der Waals surface area contributed by atoms with Crippen LogP contribution in [0.4, 0.5) is 0 Å². The van der Waals surface area contributed by atoms with Crippen LogP contribution in [0.5, 0.6) is 0 Å². The van der Waals surface area contributed by atoms with Gasteiger partial charge in [0.05, 0.1) is 13.2 Å². The summed E-state index contributed by atoms with van der Waals surface area (Å²) in [5.74, 6) is -1.12. The zero-order chi connectivity index (χ0) is 21.1. The molecule has 0 radical (unpaired) electrons. The van der Waals surface area contributed by atoms with Crippen molar-refractivity contribution in [3.63, 3.8) is 0 Å². The normalized spacial score (nSPS) is 14.6. The van der Waals surface area contributed by atoms with Gasteiger partial charge in [0.2, 0.25) is 0 Å². The lowest BCUT2D eigenvalue weighted by Crippen LogP contribution is -2.40. The second kappa shape index (κ2) is 11.9. The lowest BCUT2D eigenvalue weighted by Gasteiger charge is -2.35. The van der Waals surface area contributed by atoms with E-state index in [0.29, 0.717) is 13.0 Å². The zero-order valence-corrected chi connectivity index (χ0v) is 19.1. The van der Waals surface area contributed by atoms with E-state index < -0.39 is 20.3 Å². The number of allylic oxidation sites excluding steroid dienone is 2. The lowest BCUT2D eigenvalue weighted by atomic mass is 10.2. The van der Waals surface area contributed by atoms with Gasteiger partial charge in [-0.2, -0.15) is 0 Å². The Labute approximate surface area is 165 Å². The minimum absolute atomic E-state index is 0.184. The number of carbonyl (C=O) groups excluding carboxylic acids is 2. The quantitative estimate of drug-likeness (QED) is 0.226. The molecule has 0 aliphatic carbocycles. The molecule has 0 heterocycles. The van der Waals surface area contributed by atoms with E-state index in [2.05, 4.69) is 33.9 Å². The number of hydrogen-bond acceptors (Lipinski definition) is 5. The van der Waals surface area contributed by atoms with E-state index in [1.54, 1.807) is 6.92 Å². The van der Waals surface area contributed by atoms with Crippen LogP contribution in [0, 0.1) is 0 Å². The van der Waals surface area contributed by atoms with Crippen LogP contribution < -0.4 is 0 Å². The van der Waals surface area contributed by atoms with E-state index in [-0.39, 0.29) is 17.7 Å². The molecule has 0 aromatic rings. The van der Waals surface area contributed by atoms with Gasteiger partial charge in [-0.05, 0) is 44.5 Å². The maximum absolute atomic E-state index is 11.8. The van der Waals surface area contributed by atoms with Crippen LogP contribution in [0.3, 0.4) is 0 Å². The number of hydrogen-bond donors (Lipinski definition) is 0. The standard InChI is InChI=1S/C21H36O5Si/c1-9-18(26-20(23)14-13-19(22)24-10-2)12-11-17(3)15-16-25-27(7,8)21(4,5)6/h11-15,18H,9-10,16H2,1-8H3/b12-11+,14-13+,17-15+/t18-/m1/s1. The van der Waals surface area contributed by atoms with Crippen LogP contribution in [0.15, 0.2) is 36.0 Å². The molecule has 0 aliphatic heterocycles. The Morgan fingerprint density at radius 2 is 1.63 bits per heavy atom. The summed E-state index contributed by atoms with van der Waals surface area (Å²) in [5.41, 5.74) is 1.05. The Kier molecular flexibility index (Phi) is 11.2. The third-order valence-electron chi connectivity index (χ3n) is 4.54. The second-order valence-electron chi connectivity index (χ2n) is 7.85. The topological polar surface area (TPSA) is 61.8 Å². The van der Waals surface area contributed by atoms with E-state index in [4.69, 9.17) is 13.9 Å². The Balaban J connectivity index is 4.61. The summed E-state index contributed by atoms with van der Waals surface area (Å²) in [6.45, 7) is 17.6. The van der Waals surface area contributed by atoms with Gasteiger partial charge in [-0.3, -0.25) is 0 Å². The smallest absolute Gasteiger partial charge is 0.331 e. The molecule has 0 rings (SSSR count). The molecule has 154 valence electrons. The maximum Gasteiger partial charge on any atom is 0.331 e. The zero-order valence-electron chi connectivity index (χ0n) is 18.1. The van der Waals surface area contributed by atoms with Crippen molar-refractivity contribution in [1.82, 2.24) is 0 Å². The predicted molar refractivity (Wildman–Crippen MR) is 112 cm³/mol. The summed E-state index contributed by atoms with van der Waals surface area (Å²) in [6, 6.07) is 0. The highest BCUT2D eigenvalue weighted by molar-refractivity contribution is 6.74. The molecule has 0 fully saturated rings. The predicted octanol–water partition coefficient (Wildman–Crippen LogP) is 4.95. The highest BCUT2D eigenvalue weighted by Crippen LogP contribution is 2.36. The fourth-order valence-electron chi connectivity index (χ4n) is 1.70. The average Bonchev–Trinajstić information content (AvgIpc) is 2.55. The van der Waals surface area contributed by atoms with Crippen LogP contribution >= 0.6 is 0 Å². The number of esters is 2. The molecule has 0 amide bonds. The van der Waals surface area contributed by atoms with Gasteiger partial charge in [0.15, 0.2) is 8.32 Å². The number of carbonyl (C=O) groups is 2. The molecule has 6 heteroatoms. The van der Waals surface area contributed by atoms with Gasteiger partial charge in [0, 0.05) is 12.2 Å². The molecule has 5 nitrogen and oxygen atoms in total. The third-order valence-corrected chi connectivity index (χ3v) is 9.04. The summed E-state index contributed by atoms with van der Waals surface area (Å²) in [6.07, 6.45) is 8.25. The first kappa shape index (κ1) is 25.3. The molecule has 1 atom stereocenters. The van der Waals surface area contributed by atoms with E-state index in [9.17, 15) is 9.59 Å². The van der Waals surface area contributed by atoms with Gasteiger partial charge >= 0.3 is 11.9 Å². The fourth-order valence-corrected chi connectivity index (χ4v) is 2.63. The van der Waals surface area contributed by atoms with Gasteiger partial charge in [0.25, 0.3) is 0 Å². The lowest BCUT2D eigenvalue weighted by molar-refractivity contribution is -0.142. The van der Waals surface area contributed by atoms with Crippen molar-refractivity contribution < 1.29 is 23.5 Å². The van der Waals surface area contributed by atoms with Crippen molar-refractivity contribution in [2.24, 2.45) is 0 Å². The summed E-state index contributed by atoms with van der Waals surface area (Å²) >= 11 is 0. The molecule has 0 spiro atoms. The first-order valence-corrected chi connectivity index (χ1v) is 12.4. The SMILES string of the molecule is CCOC(=O)/C=C/C(=O)O[C@@H](/C=C/C(C)=C/CO[Si](C)(C)C(C)(C)C)CC. The fraction of sp³-hybridized carbons (Fsp3) is 0.619. The van der Waals surface area contributed by atoms with Crippen LogP contribution in [-0.2, 0) is 23.5 Å². The molecule has 0 aliphatic rings. The monoisotopic (exact) mass is 396 g/mol. The molecule has 0 saturated carbocycles. The maximum atomic E-state index is 11.8. The first-order valence-electron chi connectivity index (χ1n) is 9.47. The largest absolute Gasteiger partial charge is 0.463 e. The Hall–Kier alpha value is -1.66. The van der Waals surface area contributed by atoms with Gasteiger partial charge in [-0.15, -0.1) is 0 Å². The molecular formula is C21H36O5Si. The second-order valence-corrected chi connectivity index (χ2v) is 12.7. The van der Waals surface area contributed by atoms with Gasteiger partial charge < -0.3 is 13.9 Å². The van der Waals surface area contributed by atoms with Gasteiger partial charge in [-0.1, -0.05) is 45.4 Å². The minimum atomic E-state index is -1.75. The third kappa shape index (κ3) is 10.9. The molecule has 0 N–H and O–H groups in total. The Morgan fingerprint density at radius 3 is 2.15 bits per heavy atom. The number of rotatable bonds is 10. The van der Waals surface area contributed by atoms with E-state index >= 15 is 0 Å². The summed E-state index contributed by atoms with van der Waals surface area (Å²) in [5, 5.41) is 0.184. The molecule has 0 saturated heterocycles. The first-order chi connectivity index (χ1) is 12.4. The highest BCUT2D eigenvalue weighted by Gasteiger charge is 2.36. The molecular weight excluding hydrogens is 360 g/mol. The summed E-state index contributed by atoms with van der Waals surface area (Å²) in [7, 11) is -1.75. The van der Waals surface area contributed by atoms with Gasteiger partial charge in [-0.25, -0.2) is 9.59 Å². The molecule has 27 heavy (non-hydrogen) atoms.